The predicted molar refractivity (Wildman–Crippen MR) is 74.8 cm³/mol. The second-order valence-electron chi connectivity index (χ2n) is 6.05. The maximum atomic E-state index is 14.5. The minimum atomic E-state index is -1.05. The van der Waals surface area contributed by atoms with Crippen LogP contribution in [0.1, 0.15) is 23.4 Å². The monoisotopic (exact) mass is 310 g/mol. The molecule has 2 saturated heterocycles. The van der Waals surface area contributed by atoms with Crippen molar-refractivity contribution in [3.63, 3.8) is 0 Å². The molecule has 3 rings (SSSR count). The zero-order valence-electron chi connectivity index (χ0n) is 12.2. The molecule has 2 amide bonds. The Bertz CT molecular complexity index is 562. The Morgan fingerprint density at radius 3 is 2.82 bits per heavy atom. The van der Waals surface area contributed by atoms with Gasteiger partial charge in [-0.3, -0.25) is 9.59 Å². The number of carbonyl (C=O) groups is 2. The summed E-state index contributed by atoms with van der Waals surface area (Å²) in [5, 5.41) is 8.99. The van der Waals surface area contributed by atoms with E-state index in [1.165, 1.54) is 11.2 Å². The van der Waals surface area contributed by atoms with Crippen LogP contribution < -0.4 is 0 Å². The summed E-state index contributed by atoms with van der Waals surface area (Å²) in [6, 6.07) is 3.22. The van der Waals surface area contributed by atoms with E-state index in [1.54, 1.807) is 17.0 Å². The van der Waals surface area contributed by atoms with Gasteiger partial charge in [-0.1, -0.05) is 0 Å². The van der Waals surface area contributed by atoms with E-state index < -0.39 is 18.2 Å². The Labute approximate surface area is 127 Å². The molecule has 0 aromatic carbocycles. The van der Waals surface area contributed by atoms with Crippen molar-refractivity contribution < 1.29 is 23.5 Å². The van der Waals surface area contributed by atoms with E-state index in [9.17, 15) is 14.0 Å². The van der Waals surface area contributed by atoms with Crippen LogP contribution in [0.3, 0.4) is 0 Å². The number of aliphatic hydroxyl groups excluding tert-OH is 1. The fourth-order valence-electron chi connectivity index (χ4n) is 3.46. The molecule has 0 bridgehead atoms. The van der Waals surface area contributed by atoms with Gasteiger partial charge in [-0.15, -0.1) is 0 Å². The highest BCUT2D eigenvalue weighted by Crippen LogP contribution is 2.41. The molecule has 0 radical (unpaired) electrons. The average molecular weight is 310 g/mol. The van der Waals surface area contributed by atoms with Crippen LogP contribution in [-0.4, -0.2) is 65.7 Å². The minimum absolute atomic E-state index is 0.242. The lowest BCUT2D eigenvalue weighted by atomic mass is 9.77. The van der Waals surface area contributed by atoms with Crippen LogP contribution in [0.5, 0.6) is 0 Å². The summed E-state index contributed by atoms with van der Waals surface area (Å²) in [6.07, 6.45) is 1.13. The number of hydrogen-bond donors (Lipinski definition) is 1. The summed E-state index contributed by atoms with van der Waals surface area (Å²) < 4.78 is 19.6. The van der Waals surface area contributed by atoms with Crippen molar-refractivity contribution in [1.82, 2.24) is 9.80 Å². The van der Waals surface area contributed by atoms with Crippen LogP contribution in [0.4, 0.5) is 4.39 Å². The largest absolute Gasteiger partial charge is 0.459 e. The number of rotatable bonds is 2. The average Bonchev–Trinajstić information content (AvgIpc) is 3.19. The lowest BCUT2D eigenvalue weighted by molar-refractivity contribution is -0.139. The van der Waals surface area contributed by atoms with Crippen molar-refractivity contribution >= 4 is 11.8 Å². The first-order valence-electron chi connectivity index (χ1n) is 7.41. The second kappa shape index (κ2) is 5.72. The third kappa shape index (κ3) is 2.49. The fourth-order valence-corrected chi connectivity index (χ4v) is 3.46. The number of hydrogen-bond acceptors (Lipinski definition) is 4. The predicted octanol–water partition coefficient (Wildman–Crippen LogP) is 0.675. The van der Waals surface area contributed by atoms with E-state index in [0.717, 1.165) is 0 Å². The maximum absolute atomic E-state index is 14.5. The van der Waals surface area contributed by atoms with E-state index in [2.05, 4.69) is 0 Å². The standard InChI is InChI=1S/C15H19FN2O4/c16-12-3-5-17(13(20)8-19)9-15(12)4-6-18(10-15)14(21)11-2-1-7-22-11/h1-2,7,12,19H,3-6,8-10H2/t12-,15+/m0/s1. The molecule has 1 aromatic rings. The van der Waals surface area contributed by atoms with Crippen LogP contribution in [0.2, 0.25) is 0 Å². The summed E-state index contributed by atoms with van der Waals surface area (Å²) >= 11 is 0. The third-order valence-corrected chi connectivity index (χ3v) is 4.72. The molecule has 2 aliphatic heterocycles. The van der Waals surface area contributed by atoms with E-state index in [1.807, 2.05) is 0 Å². The number of furan rings is 1. The minimum Gasteiger partial charge on any atom is -0.459 e. The molecule has 1 aromatic heterocycles. The molecular weight excluding hydrogens is 291 g/mol. The molecule has 7 heteroatoms. The molecule has 2 aliphatic rings. The Hall–Kier alpha value is -1.89. The van der Waals surface area contributed by atoms with Gasteiger partial charge in [0.1, 0.15) is 12.8 Å². The number of carbonyl (C=O) groups excluding carboxylic acids is 2. The summed E-state index contributed by atoms with van der Waals surface area (Å²) in [5.41, 5.74) is -0.731. The Kier molecular flexibility index (Phi) is 3.90. The van der Waals surface area contributed by atoms with Crippen molar-refractivity contribution in [2.24, 2.45) is 5.41 Å². The lowest BCUT2D eigenvalue weighted by Crippen LogP contribution is -2.54. The van der Waals surface area contributed by atoms with Gasteiger partial charge in [0, 0.05) is 31.6 Å². The Morgan fingerprint density at radius 2 is 2.14 bits per heavy atom. The van der Waals surface area contributed by atoms with Crippen molar-refractivity contribution in [3.8, 4) is 0 Å². The number of halogens is 1. The number of amides is 2. The van der Waals surface area contributed by atoms with Crippen molar-refractivity contribution in [1.29, 1.82) is 0 Å². The first-order valence-corrected chi connectivity index (χ1v) is 7.41. The summed E-state index contributed by atoms with van der Waals surface area (Å²) in [7, 11) is 0. The molecule has 120 valence electrons. The number of nitrogens with zero attached hydrogens (tertiary/aromatic N) is 2. The summed E-state index contributed by atoms with van der Waals surface area (Å²) in [4.78, 5) is 27.1. The zero-order chi connectivity index (χ0) is 15.7. The molecular formula is C15H19FN2O4. The van der Waals surface area contributed by atoms with Gasteiger partial charge in [-0.05, 0) is 25.0 Å². The van der Waals surface area contributed by atoms with Crippen molar-refractivity contribution in [2.45, 2.75) is 19.0 Å². The molecule has 3 heterocycles. The highest BCUT2D eigenvalue weighted by molar-refractivity contribution is 5.91. The molecule has 1 spiro atoms. The van der Waals surface area contributed by atoms with Gasteiger partial charge in [0.2, 0.25) is 5.91 Å². The van der Waals surface area contributed by atoms with Gasteiger partial charge in [-0.25, -0.2) is 4.39 Å². The molecule has 2 atom stereocenters. The van der Waals surface area contributed by atoms with Crippen molar-refractivity contribution in [2.75, 3.05) is 32.8 Å². The van der Waals surface area contributed by atoms with Gasteiger partial charge in [0.05, 0.1) is 6.26 Å². The van der Waals surface area contributed by atoms with Crippen LogP contribution in [-0.2, 0) is 4.79 Å². The summed E-state index contributed by atoms with van der Waals surface area (Å²) in [5.74, 6) is -0.395. The van der Waals surface area contributed by atoms with Crippen LogP contribution in [0.25, 0.3) is 0 Å². The molecule has 0 saturated carbocycles. The highest BCUT2D eigenvalue weighted by Gasteiger charge is 2.50. The molecule has 2 fully saturated rings. The summed E-state index contributed by atoms with van der Waals surface area (Å²) in [6.45, 7) is 0.704. The molecule has 0 unspecified atom stereocenters. The Morgan fingerprint density at radius 1 is 1.36 bits per heavy atom. The number of piperidine rings is 1. The van der Waals surface area contributed by atoms with Gasteiger partial charge in [0.25, 0.3) is 5.91 Å². The lowest BCUT2D eigenvalue weighted by Gasteiger charge is -2.42. The first kappa shape index (κ1) is 15.0. The van der Waals surface area contributed by atoms with Crippen molar-refractivity contribution in [3.05, 3.63) is 24.2 Å². The van der Waals surface area contributed by atoms with E-state index in [4.69, 9.17) is 9.52 Å². The van der Waals surface area contributed by atoms with Crippen LogP contribution in [0, 0.1) is 5.41 Å². The Balaban J connectivity index is 1.73. The van der Waals surface area contributed by atoms with Crippen LogP contribution in [0.15, 0.2) is 22.8 Å². The fraction of sp³-hybridized carbons (Fsp3) is 0.600. The topological polar surface area (TPSA) is 74.0 Å². The quantitative estimate of drug-likeness (QED) is 0.871. The molecule has 22 heavy (non-hydrogen) atoms. The van der Waals surface area contributed by atoms with Gasteiger partial charge in [-0.2, -0.15) is 0 Å². The smallest absolute Gasteiger partial charge is 0.289 e. The maximum Gasteiger partial charge on any atom is 0.289 e. The number of alkyl halides is 1. The highest BCUT2D eigenvalue weighted by atomic mass is 19.1. The molecule has 6 nitrogen and oxygen atoms in total. The van der Waals surface area contributed by atoms with Gasteiger partial charge < -0.3 is 19.3 Å². The SMILES string of the molecule is O=C(CO)N1CC[C@H](F)[C@]2(CCN(C(=O)c3ccco3)C2)C1. The molecule has 0 aliphatic carbocycles. The second-order valence-corrected chi connectivity index (χ2v) is 6.05. The third-order valence-electron chi connectivity index (χ3n) is 4.72. The normalized spacial score (nSPS) is 28.4. The number of aliphatic hydroxyl groups is 1. The number of likely N-dealkylation sites (tertiary alicyclic amines) is 2. The van der Waals surface area contributed by atoms with Gasteiger partial charge in [0.15, 0.2) is 5.76 Å². The van der Waals surface area contributed by atoms with Gasteiger partial charge >= 0.3 is 0 Å². The van der Waals surface area contributed by atoms with E-state index in [-0.39, 0.29) is 37.1 Å². The first-order chi connectivity index (χ1) is 10.6. The van der Waals surface area contributed by atoms with E-state index >= 15 is 0 Å². The molecule has 1 N–H and O–H groups in total. The van der Waals surface area contributed by atoms with E-state index in [0.29, 0.717) is 19.5 Å². The van der Waals surface area contributed by atoms with Crippen LogP contribution >= 0.6 is 0 Å². The zero-order valence-corrected chi connectivity index (χ0v) is 12.2.